The van der Waals surface area contributed by atoms with Gasteiger partial charge in [0.05, 0.1) is 10.5 Å². The van der Waals surface area contributed by atoms with Crippen LogP contribution in [0.25, 0.3) is 17.2 Å². The summed E-state index contributed by atoms with van der Waals surface area (Å²) in [6.07, 6.45) is -1.28. The van der Waals surface area contributed by atoms with E-state index in [0.29, 0.717) is 17.3 Å². The minimum absolute atomic E-state index is 0.0337. The van der Waals surface area contributed by atoms with Crippen molar-refractivity contribution in [1.29, 1.82) is 0 Å². The van der Waals surface area contributed by atoms with E-state index in [1.165, 1.54) is 17.7 Å². The maximum atomic E-state index is 14.2. The number of fused-ring (bicyclic) bond motifs is 1. The highest BCUT2D eigenvalue weighted by Gasteiger charge is 2.39. The molecule has 0 atom stereocenters. The first kappa shape index (κ1) is 23.6. The summed E-state index contributed by atoms with van der Waals surface area (Å²) in [5, 5.41) is 1.58. The second-order valence-electron chi connectivity index (χ2n) is 10.1. The van der Waals surface area contributed by atoms with E-state index in [2.05, 4.69) is 33.0 Å². The van der Waals surface area contributed by atoms with Crippen LogP contribution in [0.3, 0.4) is 0 Å². The third kappa shape index (κ3) is 4.35. The van der Waals surface area contributed by atoms with Crippen molar-refractivity contribution in [3.05, 3.63) is 63.1 Å². The molecule has 0 spiro atoms. The van der Waals surface area contributed by atoms with Crippen molar-refractivity contribution in [2.75, 3.05) is 0 Å². The van der Waals surface area contributed by atoms with Gasteiger partial charge in [0.1, 0.15) is 0 Å². The predicted octanol–water partition coefficient (Wildman–Crippen LogP) is 7.35. The fourth-order valence-electron chi connectivity index (χ4n) is 4.71. The van der Waals surface area contributed by atoms with Gasteiger partial charge in [0.25, 0.3) is 11.1 Å². The lowest BCUT2D eigenvalue weighted by molar-refractivity contribution is -0.137. The largest absolute Gasteiger partial charge is 0.417 e. The summed E-state index contributed by atoms with van der Waals surface area (Å²) in [7, 11) is 0. The van der Waals surface area contributed by atoms with Gasteiger partial charge in [-0.3, -0.25) is 14.9 Å². The van der Waals surface area contributed by atoms with E-state index in [4.69, 9.17) is 0 Å². The molecule has 0 radical (unpaired) electrons. The van der Waals surface area contributed by atoms with Gasteiger partial charge in [-0.05, 0) is 87.9 Å². The van der Waals surface area contributed by atoms with Crippen LogP contribution < -0.4 is 5.32 Å². The van der Waals surface area contributed by atoms with Crippen LogP contribution in [-0.4, -0.2) is 11.1 Å². The number of thioether (sulfide) groups is 1. The molecule has 33 heavy (non-hydrogen) atoms. The summed E-state index contributed by atoms with van der Waals surface area (Å²) < 4.78 is 42.5. The molecule has 1 saturated heterocycles. The number of aryl methyl sites for hydroxylation is 1. The summed E-state index contributed by atoms with van der Waals surface area (Å²) in [5.74, 6) is -0.599. The Morgan fingerprint density at radius 1 is 0.939 bits per heavy atom. The van der Waals surface area contributed by atoms with Crippen molar-refractivity contribution in [3.63, 3.8) is 0 Å². The molecule has 0 bridgehead atoms. The van der Waals surface area contributed by atoms with Crippen molar-refractivity contribution < 1.29 is 22.8 Å². The lowest BCUT2D eigenvalue weighted by Gasteiger charge is -2.42. The molecular formula is C26H26F3NO2S. The molecule has 1 aliphatic heterocycles. The van der Waals surface area contributed by atoms with Crippen LogP contribution in [0.4, 0.5) is 18.0 Å². The fraction of sp³-hybridized carbons (Fsp3) is 0.385. The topological polar surface area (TPSA) is 46.2 Å². The van der Waals surface area contributed by atoms with E-state index < -0.39 is 22.9 Å². The van der Waals surface area contributed by atoms with Crippen molar-refractivity contribution in [1.82, 2.24) is 5.32 Å². The summed E-state index contributed by atoms with van der Waals surface area (Å²) in [4.78, 5) is 23.3. The molecule has 1 heterocycles. The third-order valence-corrected chi connectivity index (χ3v) is 7.59. The molecule has 0 unspecified atom stereocenters. The van der Waals surface area contributed by atoms with Crippen molar-refractivity contribution in [2.45, 2.75) is 64.5 Å². The molecule has 0 saturated carbocycles. The van der Waals surface area contributed by atoms with Gasteiger partial charge in [-0.15, -0.1) is 0 Å². The van der Waals surface area contributed by atoms with E-state index in [1.807, 2.05) is 19.1 Å². The van der Waals surface area contributed by atoms with E-state index in [0.717, 1.165) is 30.0 Å². The zero-order valence-electron chi connectivity index (χ0n) is 19.2. The van der Waals surface area contributed by atoms with Crippen LogP contribution in [0.2, 0.25) is 0 Å². The molecule has 1 aliphatic carbocycles. The predicted molar refractivity (Wildman–Crippen MR) is 126 cm³/mol. The van der Waals surface area contributed by atoms with Crippen LogP contribution in [0, 0.1) is 6.92 Å². The molecule has 0 aromatic heterocycles. The molecular weight excluding hydrogens is 447 g/mol. The Morgan fingerprint density at radius 3 is 2.09 bits per heavy atom. The number of carbonyl (C=O) groups is 2. The Bertz CT molecular complexity index is 1210. The van der Waals surface area contributed by atoms with E-state index >= 15 is 0 Å². The minimum Gasteiger partial charge on any atom is -0.282 e. The lowest BCUT2D eigenvalue weighted by atomic mass is 9.62. The number of carbonyl (C=O) groups excluding carboxylic acids is 2. The zero-order chi connectivity index (χ0) is 24.3. The van der Waals surface area contributed by atoms with Crippen LogP contribution in [0.1, 0.15) is 68.4 Å². The normalized spacial score (nSPS) is 20.7. The molecule has 2 amide bonds. The Hall–Kier alpha value is -2.54. The number of nitrogens with one attached hydrogen (secondary N) is 1. The first-order valence-electron chi connectivity index (χ1n) is 10.8. The van der Waals surface area contributed by atoms with Gasteiger partial charge in [-0.25, -0.2) is 0 Å². The molecule has 174 valence electrons. The Kier molecular flexibility index (Phi) is 5.55. The summed E-state index contributed by atoms with van der Waals surface area (Å²) in [6.45, 7) is 10.5. The van der Waals surface area contributed by atoms with Crippen molar-refractivity contribution in [3.8, 4) is 11.1 Å². The zero-order valence-corrected chi connectivity index (χ0v) is 20.1. The van der Waals surface area contributed by atoms with Crippen LogP contribution in [0.15, 0.2) is 35.2 Å². The minimum atomic E-state index is -4.58. The fourth-order valence-corrected chi connectivity index (χ4v) is 5.39. The smallest absolute Gasteiger partial charge is 0.282 e. The highest BCUT2D eigenvalue weighted by atomic mass is 32.2. The van der Waals surface area contributed by atoms with Crippen LogP contribution >= 0.6 is 11.8 Å². The van der Waals surface area contributed by atoms with Gasteiger partial charge < -0.3 is 0 Å². The molecule has 4 rings (SSSR count). The molecule has 1 fully saturated rings. The number of hydrogen-bond donors (Lipinski definition) is 1. The Labute approximate surface area is 195 Å². The Morgan fingerprint density at radius 2 is 1.55 bits per heavy atom. The average molecular weight is 474 g/mol. The number of alkyl halides is 3. The van der Waals surface area contributed by atoms with Gasteiger partial charge in [-0.2, -0.15) is 13.2 Å². The monoisotopic (exact) mass is 473 g/mol. The standard InChI is InChI=1S/C26H26F3NO2S/c1-14-10-19-20(25(4,5)9-8-24(19,2)3)13-17(14)16-7-6-15(11-18(16)26(27,28)29)12-21-22(31)30-23(32)33-21/h6-7,10-13H,8-9H2,1-5H3,(H,30,31,32)/b21-12+. The van der Waals surface area contributed by atoms with Gasteiger partial charge in [-0.1, -0.05) is 52.0 Å². The SMILES string of the molecule is Cc1cc2c(cc1-c1ccc(/C=C3/SC(=O)NC3=O)cc1C(F)(F)F)C(C)(C)CCC2(C)C. The second kappa shape index (κ2) is 7.76. The molecule has 1 N–H and O–H groups in total. The maximum absolute atomic E-state index is 14.2. The van der Waals surface area contributed by atoms with Crippen molar-refractivity contribution >= 4 is 29.0 Å². The first-order valence-corrected chi connectivity index (χ1v) is 11.6. The second-order valence-corrected chi connectivity index (χ2v) is 11.2. The number of imide groups is 1. The number of amides is 2. The van der Waals surface area contributed by atoms with E-state index in [1.54, 1.807) is 6.07 Å². The lowest BCUT2D eigenvalue weighted by Crippen LogP contribution is -2.34. The van der Waals surface area contributed by atoms with Gasteiger partial charge in [0.15, 0.2) is 0 Å². The summed E-state index contributed by atoms with van der Waals surface area (Å²) in [6, 6.07) is 8.05. The van der Waals surface area contributed by atoms with Crippen LogP contribution in [0.5, 0.6) is 0 Å². The number of hydrogen-bond acceptors (Lipinski definition) is 3. The van der Waals surface area contributed by atoms with E-state index in [-0.39, 0.29) is 26.9 Å². The quantitative estimate of drug-likeness (QED) is 0.464. The molecule has 2 aromatic carbocycles. The highest BCUT2D eigenvalue weighted by molar-refractivity contribution is 8.18. The maximum Gasteiger partial charge on any atom is 0.417 e. The highest BCUT2D eigenvalue weighted by Crippen LogP contribution is 2.49. The molecule has 2 aromatic rings. The first-order chi connectivity index (χ1) is 15.2. The third-order valence-electron chi connectivity index (χ3n) is 6.78. The number of benzene rings is 2. The Balaban J connectivity index is 1.89. The van der Waals surface area contributed by atoms with Gasteiger partial charge in [0, 0.05) is 0 Å². The molecule has 2 aliphatic rings. The summed E-state index contributed by atoms with van der Waals surface area (Å²) in [5.41, 5.74) is 3.06. The van der Waals surface area contributed by atoms with Crippen molar-refractivity contribution in [2.24, 2.45) is 0 Å². The van der Waals surface area contributed by atoms with Gasteiger partial charge in [0.2, 0.25) is 0 Å². The van der Waals surface area contributed by atoms with Gasteiger partial charge >= 0.3 is 6.18 Å². The van der Waals surface area contributed by atoms with E-state index in [9.17, 15) is 22.8 Å². The number of rotatable bonds is 2. The molecule has 7 heteroatoms. The average Bonchev–Trinajstić information content (AvgIpc) is 3.01. The van der Waals surface area contributed by atoms with Crippen LogP contribution in [-0.2, 0) is 21.8 Å². The molecule has 3 nitrogen and oxygen atoms in total. The number of halogens is 3. The summed E-state index contributed by atoms with van der Waals surface area (Å²) >= 11 is 0.680.